The molecule has 2 amide bonds. The summed E-state index contributed by atoms with van der Waals surface area (Å²) in [5, 5.41) is 2.76. The molecule has 1 aliphatic heterocycles. The van der Waals surface area contributed by atoms with Gasteiger partial charge in [0.15, 0.2) is 6.39 Å². The maximum absolute atomic E-state index is 13.3. The Balaban J connectivity index is 1.92. The molecule has 2 aromatic rings. The van der Waals surface area contributed by atoms with Crippen molar-refractivity contribution in [2.45, 2.75) is 32.5 Å². The standard InChI is InChI=1S/C24H34N4O6/c1-16-9-28(10-19-13-33-15-25-19)17(2)12-34-21-8-18(26-23(29)14-31-4)6-7-20(21)24(30)27(3)11-22(16)32-5/h6-8,13,15-17,22H,9-12,14H2,1-5H3,(H,26,29)/t16-,17-,22-/m1/s1. The topological polar surface area (TPSA) is 106 Å². The molecule has 0 spiro atoms. The zero-order valence-electron chi connectivity index (χ0n) is 20.4. The van der Waals surface area contributed by atoms with Crippen LogP contribution in [0.4, 0.5) is 5.69 Å². The van der Waals surface area contributed by atoms with E-state index in [1.807, 2.05) is 0 Å². The van der Waals surface area contributed by atoms with Crippen LogP contribution in [0.15, 0.2) is 35.3 Å². The highest BCUT2D eigenvalue weighted by Gasteiger charge is 2.28. The Kier molecular flexibility index (Phi) is 9.03. The molecular weight excluding hydrogens is 440 g/mol. The molecule has 1 aromatic carbocycles. The molecule has 10 nitrogen and oxygen atoms in total. The minimum absolute atomic E-state index is 0.00324. The van der Waals surface area contributed by atoms with Crippen LogP contribution in [0.5, 0.6) is 5.75 Å². The Labute approximate surface area is 200 Å². The fourth-order valence-corrected chi connectivity index (χ4v) is 4.00. The van der Waals surface area contributed by atoms with Crippen LogP contribution in [-0.2, 0) is 20.8 Å². The number of carbonyl (C=O) groups excluding carboxylic acids is 2. The fraction of sp³-hybridized carbons (Fsp3) is 0.542. The summed E-state index contributed by atoms with van der Waals surface area (Å²) in [6.45, 7) is 6.19. The number of carbonyl (C=O) groups is 2. The van der Waals surface area contributed by atoms with Crippen molar-refractivity contribution in [2.75, 3.05) is 52.9 Å². The fourth-order valence-electron chi connectivity index (χ4n) is 4.00. The molecule has 3 rings (SSSR count). The first kappa shape index (κ1) is 25.7. The Morgan fingerprint density at radius 3 is 2.74 bits per heavy atom. The number of anilines is 1. The molecule has 0 fully saturated rings. The van der Waals surface area contributed by atoms with E-state index in [2.05, 4.69) is 29.0 Å². The van der Waals surface area contributed by atoms with Crippen molar-refractivity contribution < 1.29 is 28.2 Å². The number of oxazole rings is 1. The number of ether oxygens (including phenoxy) is 3. The third kappa shape index (κ3) is 6.55. The molecule has 2 heterocycles. The van der Waals surface area contributed by atoms with Gasteiger partial charge in [0.2, 0.25) is 5.91 Å². The number of amides is 2. The Morgan fingerprint density at radius 2 is 2.06 bits per heavy atom. The largest absolute Gasteiger partial charge is 0.491 e. The summed E-state index contributed by atoms with van der Waals surface area (Å²) in [4.78, 5) is 33.4. The van der Waals surface area contributed by atoms with E-state index >= 15 is 0 Å². The number of hydrogen-bond donors (Lipinski definition) is 1. The van der Waals surface area contributed by atoms with Gasteiger partial charge >= 0.3 is 0 Å². The number of hydrogen-bond acceptors (Lipinski definition) is 8. The quantitative estimate of drug-likeness (QED) is 0.680. The van der Waals surface area contributed by atoms with Gasteiger partial charge in [-0.1, -0.05) is 6.92 Å². The number of benzene rings is 1. The number of fused-ring (bicyclic) bond motifs is 1. The van der Waals surface area contributed by atoms with Crippen LogP contribution in [0.2, 0.25) is 0 Å². The van der Waals surface area contributed by atoms with Crippen molar-refractivity contribution >= 4 is 17.5 Å². The Hall–Kier alpha value is -2.95. The van der Waals surface area contributed by atoms with E-state index in [0.29, 0.717) is 36.7 Å². The molecule has 0 radical (unpaired) electrons. The van der Waals surface area contributed by atoms with Crippen molar-refractivity contribution in [3.63, 3.8) is 0 Å². The summed E-state index contributed by atoms with van der Waals surface area (Å²) >= 11 is 0. The summed E-state index contributed by atoms with van der Waals surface area (Å²) in [7, 11) is 4.87. The molecule has 3 atom stereocenters. The predicted octanol–water partition coefficient (Wildman–Crippen LogP) is 2.27. The summed E-state index contributed by atoms with van der Waals surface area (Å²) in [6, 6.07) is 5.03. The average molecular weight is 475 g/mol. The van der Waals surface area contributed by atoms with Gasteiger partial charge in [0.1, 0.15) is 25.2 Å². The van der Waals surface area contributed by atoms with E-state index in [0.717, 1.165) is 12.2 Å². The first-order valence-electron chi connectivity index (χ1n) is 11.3. The van der Waals surface area contributed by atoms with E-state index in [1.54, 1.807) is 43.5 Å². The van der Waals surface area contributed by atoms with Crippen LogP contribution in [0.1, 0.15) is 29.9 Å². The van der Waals surface area contributed by atoms with Crippen LogP contribution < -0.4 is 10.1 Å². The third-order valence-corrected chi connectivity index (χ3v) is 5.98. The molecule has 0 bridgehead atoms. The molecular formula is C24H34N4O6. The molecule has 186 valence electrons. The van der Waals surface area contributed by atoms with Crippen molar-refractivity contribution in [2.24, 2.45) is 5.92 Å². The van der Waals surface area contributed by atoms with Crippen LogP contribution in [0, 0.1) is 5.92 Å². The van der Waals surface area contributed by atoms with E-state index in [1.165, 1.54) is 13.5 Å². The van der Waals surface area contributed by atoms with E-state index in [9.17, 15) is 9.59 Å². The summed E-state index contributed by atoms with van der Waals surface area (Å²) < 4.78 is 22.0. The summed E-state index contributed by atoms with van der Waals surface area (Å²) in [5.74, 6) is 0.0876. The highest BCUT2D eigenvalue weighted by Crippen LogP contribution is 2.27. The molecule has 1 aromatic heterocycles. The van der Waals surface area contributed by atoms with Crippen LogP contribution in [0.3, 0.4) is 0 Å². The zero-order chi connectivity index (χ0) is 24.7. The third-order valence-electron chi connectivity index (χ3n) is 5.98. The van der Waals surface area contributed by atoms with Crippen LogP contribution in [-0.4, -0.2) is 86.3 Å². The van der Waals surface area contributed by atoms with E-state index in [-0.39, 0.29) is 36.5 Å². The number of rotatable bonds is 6. The number of aromatic nitrogens is 1. The SMILES string of the molecule is COCC(=O)Nc1ccc2c(c1)OC[C@@H](C)N(Cc1cocn1)C[C@@H](C)[C@H](OC)CN(C)C2=O. The molecule has 0 saturated carbocycles. The van der Waals surface area contributed by atoms with Gasteiger partial charge in [0.25, 0.3) is 5.91 Å². The second-order valence-electron chi connectivity index (χ2n) is 8.70. The first-order chi connectivity index (χ1) is 16.3. The van der Waals surface area contributed by atoms with Gasteiger partial charge in [-0.05, 0) is 25.0 Å². The molecule has 0 saturated heterocycles. The lowest BCUT2D eigenvalue weighted by Gasteiger charge is -2.35. The zero-order valence-corrected chi connectivity index (χ0v) is 20.4. The minimum atomic E-state index is -0.289. The minimum Gasteiger partial charge on any atom is -0.491 e. The lowest BCUT2D eigenvalue weighted by atomic mass is 10.0. The number of nitrogens with one attached hydrogen (secondary N) is 1. The molecule has 10 heteroatoms. The van der Waals surface area contributed by atoms with Crippen LogP contribution in [0.25, 0.3) is 0 Å². The normalized spacial score (nSPS) is 22.3. The van der Waals surface area contributed by atoms with Crippen molar-refractivity contribution in [3.05, 3.63) is 42.1 Å². The van der Waals surface area contributed by atoms with Gasteiger partial charge in [0, 0.05) is 58.7 Å². The van der Waals surface area contributed by atoms with Crippen molar-refractivity contribution in [1.82, 2.24) is 14.8 Å². The first-order valence-corrected chi connectivity index (χ1v) is 11.3. The average Bonchev–Trinajstić information content (AvgIpc) is 3.32. The lowest BCUT2D eigenvalue weighted by molar-refractivity contribution is -0.119. The van der Waals surface area contributed by atoms with E-state index < -0.39 is 0 Å². The monoisotopic (exact) mass is 474 g/mol. The maximum atomic E-state index is 13.3. The summed E-state index contributed by atoms with van der Waals surface area (Å²) in [5.41, 5.74) is 1.78. The Morgan fingerprint density at radius 1 is 1.26 bits per heavy atom. The summed E-state index contributed by atoms with van der Waals surface area (Å²) in [6.07, 6.45) is 2.90. The van der Waals surface area contributed by atoms with Crippen molar-refractivity contribution in [3.8, 4) is 5.75 Å². The molecule has 1 aliphatic rings. The van der Waals surface area contributed by atoms with Gasteiger partial charge in [0.05, 0.1) is 17.4 Å². The number of likely N-dealkylation sites (N-methyl/N-ethyl adjacent to an activating group) is 1. The molecule has 1 N–H and O–H groups in total. The van der Waals surface area contributed by atoms with Gasteiger partial charge in [-0.2, -0.15) is 0 Å². The van der Waals surface area contributed by atoms with Crippen molar-refractivity contribution in [1.29, 1.82) is 0 Å². The van der Waals surface area contributed by atoms with Gasteiger partial charge in [-0.25, -0.2) is 4.98 Å². The highest BCUT2D eigenvalue weighted by atomic mass is 16.5. The van der Waals surface area contributed by atoms with Gasteiger partial charge in [-0.3, -0.25) is 14.5 Å². The lowest BCUT2D eigenvalue weighted by Crippen LogP contribution is -2.46. The van der Waals surface area contributed by atoms with Gasteiger partial charge < -0.3 is 28.8 Å². The van der Waals surface area contributed by atoms with Crippen LogP contribution >= 0.6 is 0 Å². The highest BCUT2D eigenvalue weighted by molar-refractivity contribution is 5.98. The number of methoxy groups -OCH3 is 2. The second kappa shape index (κ2) is 12.0. The molecule has 0 unspecified atom stereocenters. The Bertz CT molecular complexity index is 951. The smallest absolute Gasteiger partial charge is 0.257 e. The number of nitrogens with zero attached hydrogens (tertiary/aromatic N) is 3. The second-order valence-corrected chi connectivity index (χ2v) is 8.70. The van der Waals surface area contributed by atoms with Gasteiger partial charge in [-0.15, -0.1) is 0 Å². The maximum Gasteiger partial charge on any atom is 0.257 e. The van der Waals surface area contributed by atoms with E-state index in [4.69, 9.17) is 18.6 Å². The molecule has 34 heavy (non-hydrogen) atoms. The molecule has 0 aliphatic carbocycles. The predicted molar refractivity (Wildman–Crippen MR) is 126 cm³/mol.